The molecule has 7 heteroatoms. The summed E-state index contributed by atoms with van der Waals surface area (Å²) < 4.78 is 32.9. The first kappa shape index (κ1) is 23.8. The van der Waals surface area contributed by atoms with Crippen molar-refractivity contribution in [2.24, 2.45) is 0 Å². The van der Waals surface area contributed by atoms with Crippen molar-refractivity contribution in [3.63, 3.8) is 0 Å². The molecule has 0 aliphatic heterocycles. The number of methoxy groups -OCH3 is 2. The van der Waals surface area contributed by atoms with E-state index in [1.807, 2.05) is 39.0 Å². The van der Waals surface area contributed by atoms with Crippen LogP contribution in [0.15, 0.2) is 18.4 Å². The summed E-state index contributed by atoms with van der Waals surface area (Å²) >= 11 is 0. The minimum Gasteiger partial charge on any atom is -0.501 e. The van der Waals surface area contributed by atoms with E-state index in [1.165, 1.54) is 0 Å². The van der Waals surface area contributed by atoms with Gasteiger partial charge in [-0.3, -0.25) is 0 Å². The molecule has 0 bridgehead atoms. The molecule has 1 N–H and O–H groups in total. The van der Waals surface area contributed by atoms with E-state index in [4.69, 9.17) is 34.8 Å². The van der Waals surface area contributed by atoms with E-state index in [9.17, 15) is 0 Å². The Balaban J connectivity index is 2.69. The van der Waals surface area contributed by atoms with Crippen molar-refractivity contribution in [2.45, 2.75) is 39.6 Å². The van der Waals surface area contributed by atoms with Crippen LogP contribution >= 0.6 is 0 Å². The molecule has 2 aromatic rings. The maximum Gasteiger partial charge on any atom is 0.161 e. The summed E-state index contributed by atoms with van der Waals surface area (Å²) in [6.45, 7) is 7.05. The van der Waals surface area contributed by atoms with Gasteiger partial charge in [-0.2, -0.15) is 0 Å². The third-order valence-electron chi connectivity index (χ3n) is 4.16. The third-order valence-corrected chi connectivity index (χ3v) is 4.16. The Hall–Kier alpha value is -2.50. The highest BCUT2D eigenvalue weighted by Crippen LogP contribution is 2.37. The molecule has 2 rings (SSSR count). The van der Waals surface area contributed by atoms with Gasteiger partial charge in [0.1, 0.15) is 19.3 Å². The van der Waals surface area contributed by atoms with Crippen LogP contribution in [0.3, 0.4) is 0 Å². The molecule has 30 heavy (non-hydrogen) atoms. The fourth-order valence-corrected chi connectivity index (χ4v) is 3.05. The zero-order valence-electron chi connectivity index (χ0n) is 18.3. The molecule has 0 spiro atoms. The topological polar surface area (TPSA) is 71.2 Å². The Morgan fingerprint density at radius 3 is 2.57 bits per heavy atom. The van der Waals surface area contributed by atoms with Crippen LogP contribution in [0, 0.1) is 12.3 Å². The number of hydrogen-bond acceptors (Lipinski definition) is 6. The van der Waals surface area contributed by atoms with Gasteiger partial charge >= 0.3 is 0 Å². The number of ether oxygens (including phenoxy) is 6. The number of H-pyrrole nitrogens is 1. The fourth-order valence-electron chi connectivity index (χ4n) is 3.05. The zero-order chi connectivity index (χ0) is 21.9. The summed E-state index contributed by atoms with van der Waals surface area (Å²) in [4.78, 5) is 3.41. The first-order chi connectivity index (χ1) is 14.6. The average Bonchev–Trinajstić information content (AvgIpc) is 3.10. The van der Waals surface area contributed by atoms with Crippen LogP contribution in [-0.2, 0) is 30.3 Å². The average molecular weight is 418 g/mol. The van der Waals surface area contributed by atoms with E-state index in [0.717, 1.165) is 27.8 Å². The molecule has 0 amide bonds. The van der Waals surface area contributed by atoms with Crippen molar-refractivity contribution in [1.29, 1.82) is 0 Å². The molecule has 0 saturated carbocycles. The summed E-state index contributed by atoms with van der Waals surface area (Å²) in [5.74, 6) is 3.39. The van der Waals surface area contributed by atoms with Gasteiger partial charge in [-0.1, -0.05) is 12.0 Å². The monoisotopic (exact) mass is 417 g/mol. The molecule has 1 heterocycles. The van der Waals surface area contributed by atoms with Crippen LogP contribution in [0.2, 0.25) is 0 Å². The smallest absolute Gasteiger partial charge is 0.161 e. The van der Waals surface area contributed by atoms with E-state index in [1.54, 1.807) is 20.5 Å². The van der Waals surface area contributed by atoms with Gasteiger partial charge in [-0.15, -0.1) is 6.42 Å². The predicted molar refractivity (Wildman–Crippen MR) is 116 cm³/mol. The fraction of sp³-hybridized carbons (Fsp3) is 0.478. The Labute approximate surface area is 178 Å². The molecule has 1 atom stereocenters. The summed E-state index contributed by atoms with van der Waals surface area (Å²) in [5.41, 5.74) is 3.34. The quantitative estimate of drug-likeness (QED) is 0.226. The van der Waals surface area contributed by atoms with E-state index < -0.39 is 6.10 Å². The number of rotatable bonds is 13. The van der Waals surface area contributed by atoms with E-state index in [0.29, 0.717) is 18.9 Å². The second kappa shape index (κ2) is 12.3. The Morgan fingerprint density at radius 1 is 1.17 bits per heavy atom. The van der Waals surface area contributed by atoms with Crippen LogP contribution in [-0.4, -0.2) is 45.5 Å². The lowest BCUT2D eigenvalue weighted by Crippen LogP contribution is -2.07. The second-order valence-electron chi connectivity index (χ2n) is 6.72. The van der Waals surface area contributed by atoms with E-state index in [-0.39, 0.29) is 19.7 Å². The molecule has 0 fully saturated rings. The van der Waals surface area contributed by atoms with Crippen molar-refractivity contribution < 1.29 is 28.4 Å². The molecule has 0 aliphatic rings. The Kier molecular flexibility index (Phi) is 9.71. The number of benzene rings is 1. The number of hydrogen-bond donors (Lipinski definition) is 1. The van der Waals surface area contributed by atoms with Gasteiger partial charge < -0.3 is 33.4 Å². The van der Waals surface area contributed by atoms with Crippen molar-refractivity contribution in [1.82, 2.24) is 4.98 Å². The Bertz CT molecular complexity index is 865. The molecule has 1 aromatic carbocycles. The highest BCUT2D eigenvalue weighted by Gasteiger charge is 2.22. The van der Waals surface area contributed by atoms with Gasteiger partial charge in [0.05, 0.1) is 36.8 Å². The van der Waals surface area contributed by atoms with Gasteiger partial charge in [0.15, 0.2) is 6.10 Å². The Morgan fingerprint density at radius 2 is 1.93 bits per heavy atom. The summed E-state index contributed by atoms with van der Waals surface area (Å²) in [6.07, 6.45) is 8.65. The minimum absolute atomic E-state index is 0.00568. The third kappa shape index (κ3) is 6.00. The van der Waals surface area contributed by atoms with Gasteiger partial charge in [0, 0.05) is 25.2 Å². The molecule has 7 nitrogen and oxygen atoms in total. The lowest BCUT2D eigenvalue weighted by atomic mass is 10.0. The van der Waals surface area contributed by atoms with Crippen molar-refractivity contribution in [3.8, 4) is 18.1 Å². The van der Waals surface area contributed by atoms with Gasteiger partial charge in [-0.05, 0) is 38.5 Å². The van der Waals surface area contributed by atoms with Gasteiger partial charge in [-0.25, -0.2) is 0 Å². The lowest BCUT2D eigenvalue weighted by Gasteiger charge is -2.13. The molecular formula is C23H31NO6. The normalized spacial score (nSPS) is 12.6. The second-order valence-corrected chi connectivity index (χ2v) is 6.72. The maximum atomic E-state index is 6.03. The standard InChI is InChI=1S/C23H31NO6/c1-7-19(29-15-26-6)22-18(11-12-27-8-2)21-17(13-28-14-25-5)9-10-20(23(21)24-22)30-16(3)4/h1,9-12,16,19,24H,8,13-15H2,2-6H3/b12-11+. The highest BCUT2D eigenvalue weighted by atomic mass is 16.7. The molecule has 0 aliphatic carbocycles. The largest absolute Gasteiger partial charge is 0.501 e. The molecule has 1 unspecified atom stereocenters. The number of aromatic nitrogens is 1. The molecule has 0 radical (unpaired) electrons. The SMILES string of the molecule is C#CC(OCOC)c1[nH]c2c(OC(C)C)ccc(COCOC)c2c1/C=C/OCC. The molecular weight excluding hydrogens is 386 g/mol. The van der Waals surface area contributed by atoms with Crippen LogP contribution in [0.25, 0.3) is 17.0 Å². The van der Waals surface area contributed by atoms with Crippen molar-refractivity contribution in [2.75, 3.05) is 34.4 Å². The van der Waals surface area contributed by atoms with Crippen LogP contribution in [0.1, 0.15) is 43.7 Å². The maximum absolute atomic E-state index is 6.03. The molecule has 1 aromatic heterocycles. The predicted octanol–water partition coefficient (Wildman–Crippen LogP) is 4.38. The number of fused-ring (bicyclic) bond motifs is 1. The van der Waals surface area contributed by atoms with Crippen molar-refractivity contribution >= 4 is 17.0 Å². The number of aromatic amines is 1. The van der Waals surface area contributed by atoms with Gasteiger partial charge in [0.2, 0.25) is 0 Å². The van der Waals surface area contributed by atoms with Crippen molar-refractivity contribution in [3.05, 3.63) is 35.2 Å². The van der Waals surface area contributed by atoms with Crippen LogP contribution in [0.4, 0.5) is 0 Å². The summed E-state index contributed by atoms with van der Waals surface area (Å²) in [6, 6.07) is 3.90. The highest BCUT2D eigenvalue weighted by molar-refractivity contribution is 5.97. The van der Waals surface area contributed by atoms with Gasteiger partial charge in [0.25, 0.3) is 0 Å². The molecule has 164 valence electrons. The minimum atomic E-state index is -0.640. The lowest BCUT2D eigenvalue weighted by molar-refractivity contribution is -0.0545. The van der Waals surface area contributed by atoms with Crippen LogP contribution in [0.5, 0.6) is 5.75 Å². The zero-order valence-corrected chi connectivity index (χ0v) is 18.3. The van der Waals surface area contributed by atoms with E-state index >= 15 is 0 Å². The van der Waals surface area contributed by atoms with E-state index in [2.05, 4.69) is 10.9 Å². The molecule has 0 saturated heterocycles. The first-order valence-electron chi connectivity index (χ1n) is 9.82. The summed E-state index contributed by atoms with van der Waals surface area (Å²) in [7, 11) is 3.14. The number of terminal acetylenes is 1. The summed E-state index contributed by atoms with van der Waals surface area (Å²) in [5, 5.41) is 0.927. The number of nitrogens with one attached hydrogen (secondary N) is 1. The van der Waals surface area contributed by atoms with Crippen LogP contribution < -0.4 is 4.74 Å². The first-order valence-corrected chi connectivity index (χ1v) is 9.82.